The van der Waals surface area contributed by atoms with Crippen molar-refractivity contribution in [3.05, 3.63) is 23.4 Å². The quantitative estimate of drug-likeness (QED) is 0.735. The fourth-order valence-electron chi connectivity index (χ4n) is 1.26. The van der Waals surface area contributed by atoms with Gasteiger partial charge in [0.25, 0.3) is 5.91 Å². The predicted octanol–water partition coefficient (Wildman–Crippen LogP) is 1.53. The SMILES string of the molecule is NC(=O)c1ccc(C(F)(F)F)nc1NCC(O)C(F)(F)F. The minimum atomic E-state index is -4.97. The summed E-state index contributed by atoms with van der Waals surface area (Å²) < 4.78 is 73.7. The van der Waals surface area contributed by atoms with Crippen molar-refractivity contribution in [3.63, 3.8) is 0 Å². The van der Waals surface area contributed by atoms with E-state index in [2.05, 4.69) is 4.98 Å². The van der Waals surface area contributed by atoms with Gasteiger partial charge in [-0.1, -0.05) is 0 Å². The van der Waals surface area contributed by atoms with Crippen molar-refractivity contribution < 1.29 is 36.2 Å². The average Bonchev–Trinajstić information content (AvgIpc) is 2.33. The molecular weight excluding hydrogens is 308 g/mol. The van der Waals surface area contributed by atoms with Gasteiger partial charge in [0, 0.05) is 0 Å². The molecule has 0 bridgehead atoms. The van der Waals surface area contributed by atoms with Gasteiger partial charge < -0.3 is 16.2 Å². The highest BCUT2D eigenvalue weighted by Gasteiger charge is 2.38. The number of halogens is 6. The van der Waals surface area contributed by atoms with Gasteiger partial charge in [0.1, 0.15) is 11.5 Å². The fraction of sp³-hybridized carbons (Fsp3) is 0.400. The minimum absolute atomic E-state index is 0.464. The number of rotatable bonds is 4. The number of hydrogen-bond acceptors (Lipinski definition) is 4. The third kappa shape index (κ3) is 4.48. The van der Waals surface area contributed by atoms with E-state index in [-0.39, 0.29) is 0 Å². The summed E-state index contributed by atoms with van der Waals surface area (Å²) in [6, 6.07) is 1.14. The maximum absolute atomic E-state index is 12.5. The molecule has 1 amide bonds. The molecular formula is C10H9F6N3O2. The Morgan fingerprint density at radius 2 is 1.86 bits per heavy atom. The maximum Gasteiger partial charge on any atom is 0.433 e. The second-order valence-corrected chi connectivity index (χ2v) is 3.89. The standard InChI is InChI=1S/C10H9F6N3O2/c11-9(12,13)5-2-1-4(7(17)21)8(19-5)18-3-6(20)10(14,15)16/h1-2,6,20H,3H2,(H2,17,21)(H,18,19). The van der Waals surface area contributed by atoms with E-state index >= 15 is 0 Å². The number of pyridine rings is 1. The van der Waals surface area contributed by atoms with Gasteiger partial charge in [0.2, 0.25) is 0 Å². The van der Waals surface area contributed by atoms with Gasteiger partial charge in [0.15, 0.2) is 6.10 Å². The maximum atomic E-state index is 12.5. The van der Waals surface area contributed by atoms with Crippen LogP contribution >= 0.6 is 0 Å². The van der Waals surface area contributed by atoms with Crippen molar-refractivity contribution in [3.8, 4) is 0 Å². The van der Waals surface area contributed by atoms with Crippen LogP contribution in [0.25, 0.3) is 0 Å². The van der Waals surface area contributed by atoms with Crippen LogP contribution in [0, 0.1) is 0 Å². The first-order valence-corrected chi connectivity index (χ1v) is 5.29. The summed E-state index contributed by atoms with van der Waals surface area (Å²) in [6.07, 6.45) is -12.7. The van der Waals surface area contributed by atoms with E-state index in [0.717, 1.165) is 0 Å². The molecule has 0 spiro atoms. The zero-order valence-corrected chi connectivity index (χ0v) is 10.1. The average molecular weight is 317 g/mol. The summed E-state index contributed by atoms with van der Waals surface area (Å²) in [5, 5.41) is 10.6. The fourth-order valence-corrected chi connectivity index (χ4v) is 1.26. The van der Waals surface area contributed by atoms with Crippen molar-refractivity contribution >= 4 is 11.7 Å². The highest BCUT2D eigenvalue weighted by Crippen LogP contribution is 2.29. The first-order valence-electron chi connectivity index (χ1n) is 5.29. The van der Waals surface area contributed by atoms with Gasteiger partial charge in [-0.2, -0.15) is 26.3 Å². The number of nitrogens with two attached hydrogens (primary N) is 1. The van der Waals surface area contributed by atoms with Crippen LogP contribution in [-0.4, -0.2) is 34.8 Å². The van der Waals surface area contributed by atoms with Crippen molar-refractivity contribution in [2.75, 3.05) is 11.9 Å². The molecule has 1 rings (SSSR count). The number of alkyl halides is 6. The second-order valence-electron chi connectivity index (χ2n) is 3.89. The smallest absolute Gasteiger partial charge is 0.382 e. The molecule has 4 N–H and O–H groups in total. The lowest BCUT2D eigenvalue weighted by atomic mass is 10.2. The summed E-state index contributed by atoms with van der Waals surface area (Å²) in [4.78, 5) is 14.0. The number of aromatic nitrogens is 1. The van der Waals surface area contributed by atoms with E-state index < -0.39 is 48.0 Å². The number of amides is 1. The molecule has 0 fully saturated rings. The summed E-state index contributed by atoms with van der Waals surface area (Å²) in [5.41, 5.74) is 2.93. The van der Waals surface area contributed by atoms with Crippen LogP contribution in [0.5, 0.6) is 0 Å². The van der Waals surface area contributed by atoms with E-state index in [1.54, 1.807) is 0 Å². The number of aliphatic hydroxyl groups is 1. The Labute approximate surface area is 113 Å². The van der Waals surface area contributed by atoms with Gasteiger partial charge in [-0.3, -0.25) is 4.79 Å². The second kappa shape index (κ2) is 5.76. The van der Waals surface area contributed by atoms with E-state index in [1.807, 2.05) is 5.32 Å². The van der Waals surface area contributed by atoms with Crippen LogP contribution in [-0.2, 0) is 6.18 Å². The topological polar surface area (TPSA) is 88.2 Å². The van der Waals surface area contributed by atoms with Crippen molar-refractivity contribution in [1.29, 1.82) is 0 Å². The molecule has 1 atom stereocenters. The third-order valence-corrected chi connectivity index (χ3v) is 2.29. The number of aliphatic hydroxyl groups excluding tert-OH is 1. The molecule has 1 unspecified atom stereocenters. The van der Waals surface area contributed by atoms with Crippen LogP contribution in [0.1, 0.15) is 16.1 Å². The summed E-state index contributed by atoms with van der Waals surface area (Å²) in [6.45, 7) is -1.18. The molecule has 5 nitrogen and oxygen atoms in total. The molecule has 1 heterocycles. The zero-order valence-electron chi connectivity index (χ0n) is 10.1. The molecule has 11 heteroatoms. The van der Waals surface area contributed by atoms with Gasteiger partial charge in [-0.05, 0) is 12.1 Å². The molecule has 1 aromatic heterocycles. The van der Waals surface area contributed by atoms with Crippen molar-refractivity contribution in [2.45, 2.75) is 18.5 Å². The Morgan fingerprint density at radius 1 is 1.29 bits per heavy atom. The van der Waals surface area contributed by atoms with Crippen molar-refractivity contribution in [2.24, 2.45) is 5.73 Å². The molecule has 0 radical (unpaired) electrons. The summed E-state index contributed by atoms with van der Waals surface area (Å²) in [7, 11) is 0. The molecule has 118 valence electrons. The van der Waals surface area contributed by atoms with Crippen LogP contribution in [0.3, 0.4) is 0 Å². The monoisotopic (exact) mass is 317 g/mol. The summed E-state index contributed by atoms with van der Waals surface area (Å²) in [5.74, 6) is -1.97. The zero-order chi connectivity index (χ0) is 16.4. The van der Waals surface area contributed by atoms with Crippen molar-refractivity contribution in [1.82, 2.24) is 4.98 Å². The Balaban J connectivity index is 3.05. The number of nitrogens with one attached hydrogen (secondary N) is 1. The number of nitrogens with zero attached hydrogens (tertiary/aromatic N) is 1. The number of carbonyl (C=O) groups excluding carboxylic acids is 1. The van der Waals surface area contributed by atoms with E-state index in [9.17, 15) is 31.1 Å². The van der Waals surface area contributed by atoms with Gasteiger partial charge >= 0.3 is 12.4 Å². The Hall–Kier alpha value is -2.04. The largest absolute Gasteiger partial charge is 0.433 e. The van der Waals surface area contributed by atoms with Gasteiger partial charge in [-0.15, -0.1) is 0 Å². The number of primary amides is 1. The third-order valence-electron chi connectivity index (χ3n) is 2.29. The first kappa shape index (κ1) is 17.0. The Bertz CT molecular complexity index is 529. The Kier molecular flexibility index (Phi) is 4.66. The van der Waals surface area contributed by atoms with Crippen LogP contribution in [0.4, 0.5) is 32.2 Å². The molecule has 0 aliphatic rings. The highest BCUT2D eigenvalue weighted by molar-refractivity contribution is 5.97. The van der Waals surface area contributed by atoms with E-state index in [4.69, 9.17) is 10.8 Å². The minimum Gasteiger partial charge on any atom is -0.382 e. The van der Waals surface area contributed by atoms with Gasteiger partial charge in [-0.25, -0.2) is 4.98 Å². The number of anilines is 1. The molecule has 21 heavy (non-hydrogen) atoms. The Morgan fingerprint density at radius 3 is 2.29 bits per heavy atom. The lowest BCUT2D eigenvalue weighted by Gasteiger charge is -2.17. The summed E-state index contributed by atoms with van der Waals surface area (Å²) >= 11 is 0. The molecule has 0 saturated carbocycles. The lowest BCUT2D eigenvalue weighted by molar-refractivity contribution is -0.198. The van der Waals surface area contributed by atoms with Gasteiger partial charge in [0.05, 0.1) is 12.1 Å². The number of carbonyl (C=O) groups is 1. The normalized spacial score (nSPS) is 13.9. The molecule has 0 aliphatic carbocycles. The molecule has 0 aromatic carbocycles. The van der Waals surface area contributed by atoms with Crippen LogP contribution in [0.2, 0.25) is 0 Å². The van der Waals surface area contributed by atoms with E-state index in [1.165, 1.54) is 0 Å². The van der Waals surface area contributed by atoms with E-state index in [0.29, 0.717) is 12.1 Å². The molecule has 1 aromatic rings. The number of hydrogen-bond donors (Lipinski definition) is 3. The van der Waals surface area contributed by atoms with Crippen LogP contribution in [0.15, 0.2) is 12.1 Å². The molecule has 0 aliphatic heterocycles. The van der Waals surface area contributed by atoms with Crippen LogP contribution < -0.4 is 11.1 Å². The molecule has 0 saturated heterocycles. The lowest BCUT2D eigenvalue weighted by Crippen LogP contribution is -2.35. The highest BCUT2D eigenvalue weighted by atomic mass is 19.4. The predicted molar refractivity (Wildman–Crippen MR) is 58.3 cm³/mol. The first-order chi connectivity index (χ1) is 9.43.